The summed E-state index contributed by atoms with van der Waals surface area (Å²) in [6.07, 6.45) is 14.9. The Morgan fingerprint density at radius 2 is 2.29 bits per heavy atom. The average molecular weight is 224 g/mol. The van der Waals surface area contributed by atoms with Crippen molar-refractivity contribution in [1.82, 2.24) is 0 Å². The van der Waals surface area contributed by atoms with E-state index >= 15 is 0 Å². The molecule has 0 aromatic carbocycles. The Morgan fingerprint density at radius 1 is 1.41 bits per heavy atom. The molecule has 2 rings (SSSR count). The summed E-state index contributed by atoms with van der Waals surface area (Å²) in [5.74, 6) is 7.58. The second-order valence-electron chi connectivity index (χ2n) is 4.08. The van der Waals surface area contributed by atoms with Crippen LogP contribution in [0.4, 0.5) is 0 Å². The first kappa shape index (κ1) is 11.5. The lowest BCUT2D eigenvalue weighted by molar-refractivity contribution is 0.554. The molecule has 86 valence electrons. The molecule has 0 amide bonds. The Morgan fingerprint density at radius 3 is 3.12 bits per heavy atom. The maximum absolute atomic E-state index is 5.53. The summed E-state index contributed by atoms with van der Waals surface area (Å²) in [5.41, 5.74) is 2.20. The van der Waals surface area contributed by atoms with E-state index in [1.165, 1.54) is 0 Å². The van der Waals surface area contributed by atoms with Crippen molar-refractivity contribution in [2.45, 2.75) is 20.3 Å². The molecule has 0 spiro atoms. The fourth-order valence-corrected chi connectivity index (χ4v) is 1.68. The molecule has 0 radical (unpaired) electrons. The topological polar surface area (TPSA) is 13.1 Å². The summed E-state index contributed by atoms with van der Waals surface area (Å²) in [6.45, 7) is 4.09. The number of rotatable bonds is 3. The van der Waals surface area contributed by atoms with Crippen LogP contribution < -0.4 is 0 Å². The van der Waals surface area contributed by atoms with Gasteiger partial charge in [0, 0.05) is 11.5 Å². The molecule has 0 bridgehead atoms. The maximum atomic E-state index is 5.53. The zero-order valence-electron chi connectivity index (χ0n) is 10.2. The number of furan rings is 1. The number of fused-ring (bicyclic) bond motifs is 1. The third-order valence-electron chi connectivity index (χ3n) is 2.63. The van der Waals surface area contributed by atoms with E-state index in [0.29, 0.717) is 5.92 Å². The van der Waals surface area contributed by atoms with Gasteiger partial charge in [-0.05, 0) is 26.3 Å². The van der Waals surface area contributed by atoms with E-state index in [9.17, 15) is 0 Å². The van der Waals surface area contributed by atoms with E-state index in [4.69, 9.17) is 4.42 Å². The highest BCUT2D eigenvalue weighted by atomic mass is 16.3. The van der Waals surface area contributed by atoms with E-state index in [0.717, 1.165) is 23.3 Å². The molecule has 17 heavy (non-hydrogen) atoms. The van der Waals surface area contributed by atoms with Crippen molar-refractivity contribution in [3.8, 4) is 11.8 Å². The molecule has 1 atom stereocenters. The summed E-state index contributed by atoms with van der Waals surface area (Å²) in [6, 6.07) is 0. The highest BCUT2D eigenvalue weighted by Gasteiger charge is 2.10. The molecule has 0 N–H and O–H groups in total. The largest absolute Gasteiger partial charge is 0.463 e. The predicted octanol–water partition coefficient (Wildman–Crippen LogP) is 3.97. The van der Waals surface area contributed by atoms with Crippen LogP contribution in [0.1, 0.15) is 30.7 Å². The Bertz CT molecular complexity index is 530. The van der Waals surface area contributed by atoms with E-state index in [2.05, 4.69) is 30.9 Å². The van der Waals surface area contributed by atoms with Crippen LogP contribution in [0.25, 0.3) is 6.08 Å². The van der Waals surface area contributed by atoms with E-state index in [-0.39, 0.29) is 0 Å². The molecule has 1 aliphatic carbocycles. The highest BCUT2D eigenvalue weighted by molar-refractivity contribution is 5.60. The zero-order valence-corrected chi connectivity index (χ0v) is 10.2. The number of hydrogen-bond acceptors (Lipinski definition) is 1. The number of allylic oxidation sites excluding steroid dienone is 5. The van der Waals surface area contributed by atoms with Gasteiger partial charge in [0.1, 0.15) is 5.76 Å². The molecule has 0 saturated carbocycles. The predicted molar refractivity (Wildman–Crippen MR) is 71.4 cm³/mol. The third-order valence-corrected chi connectivity index (χ3v) is 2.63. The SMILES string of the molecule is C/C=C\C=C/Cc1coc2c1C#CC(C)C=C2. The first-order valence-electron chi connectivity index (χ1n) is 5.89. The van der Waals surface area contributed by atoms with Crippen molar-refractivity contribution in [2.75, 3.05) is 0 Å². The van der Waals surface area contributed by atoms with Gasteiger partial charge in [-0.1, -0.05) is 42.2 Å². The summed E-state index contributed by atoms with van der Waals surface area (Å²) in [7, 11) is 0. The van der Waals surface area contributed by atoms with Gasteiger partial charge in [-0.15, -0.1) is 0 Å². The van der Waals surface area contributed by atoms with Crippen LogP contribution in [0.5, 0.6) is 0 Å². The molecule has 0 fully saturated rings. The van der Waals surface area contributed by atoms with Gasteiger partial charge < -0.3 is 4.42 Å². The lowest BCUT2D eigenvalue weighted by Crippen LogP contribution is -1.83. The van der Waals surface area contributed by atoms with Crippen LogP contribution >= 0.6 is 0 Å². The minimum absolute atomic E-state index is 0.295. The van der Waals surface area contributed by atoms with E-state index in [1.54, 1.807) is 6.26 Å². The number of hydrogen-bond donors (Lipinski definition) is 0. The van der Waals surface area contributed by atoms with Crippen molar-refractivity contribution in [2.24, 2.45) is 5.92 Å². The molecule has 1 nitrogen and oxygen atoms in total. The standard InChI is InChI=1S/C16H16O/c1-3-4-5-6-7-14-12-17-16-11-9-13(2)8-10-15(14)16/h3-6,9,11-13H,7H2,1-2H3/b4-3-,6-5-. The fraction of sp³-hybridized carbons (Fsp3) is 0.250. The maximum Gasteiger partial charge on any atom is 0.142 e. The second kappa shape index (κ2) is 5.41. The molecular weight excluding hydrogens is 208 g/mol. The van der Waals surface area contributed by atoms with Gasteiger partial charge in [0.05, 0.1) is 11.8 Å². The molecular formula is C16H16O. The van der Waals surface area contributed by atoms with Gasteiger partial charge >= 0.3 is 0 Å². The Balaban J connectivity index is 2.21. The van der Waals surface area contributed by atoms with Crippen LogP contribution in [0.15, 0.2) is 41.1 Å². The van der Waals surface area contributed by atoms with Crippen LogP contribution in [0, 0.1) is 17.8 Å². The van der Waals surface area contributed by atoms with Crippen molar-refractivity contribution in [3.63, 3.8) is 0 Å². The smallest absolute Gasteiger partial charge is 0.142 e. The first-order valence-corrected chi connectivity index (χ1v) is 5.89. The normalized spacial score (nSPS) is 18.1. The van der Waals surface area contributed by atoms with Gasteiger partial charge in [0.25, 0.3) is 0 Å². The van der Waals surface area contributed by atoms with Crippen molar-refractivity contribution in [1.29, 1.82) is 0 Å². The van der Waals surface area contributed by atoms with Gasteiger partial charge in [-0.3, -0.25) is 0 Å². The Kier molecular flexibility index (Phi) is 3.67. The second-order valence-corrected chi connectivity index (χ2v) is 4.08. The molecule has 1 aliphatic rings. The molecule has 0 aliphatic heterocycles. The van der Waals surface area contributed by atoms with Crippen molar-refractivity contribution >= 4 is 6.08 Å². The molecule has 1 unspecified atom stereocenters. The highest BCUT2D eigenvalue weighted by Crippen LogP contribution is 2.21. The van der Waals surface area contributed by atoms with E-state index < -0.39 is 0 Å². The quantitative estimate of drug-likeness (QED) is 0.559. The summed E-state index contributed by atoms with van der Waals surface area (Å²) < 4.78 is 5.53. The third kappa shape index (κ3) is 2.79. The van der Waals surface area contributed by atoms with Gasteiger partial charge in [-0.25, -0.2) is 0 Å². The van der Waals surface area contributed by atoms with Gasteiger partial charge in [-0.2, -0.15) is 0 Å². The van der Waals surface area contributed by atoms with Crippen LogP contribution in [0.3, 0.4) is 0 Å². The van der Waals surface area contributed by atoms with Crippen molar-refractivity contribution < 1.29 is 4.42 Å². The van der Waals surface area contributed by atoms with Crippen molar-refractivity contribution in [3.05, 3.63) is 53.5 Å². The fourth-order valence-electron chi connectivity index (χ4n) is 1.68. The molecule has 1 aromatic heterocycles. The van der Waals surface area contributed by atoms with Crippen LogP contribution in [-0.4, -0.2) is 0 Å². The molecule has 0 saturated heterocycles. The molecule has 1 heterocycles. The molecule has 1 heteroatoms. The summed E-state index contributed by atoms with van der Waals surface area (Å²) in [5, 5.41) is 0. The Labute approximate surface area is 103 Å². The minimum Gasteiger partial charge on any atom is -0.463 e. The summed E-state index contributed by atoms with van der Waals surface area (Å²) in [4.78, 5) is 0. The van der Waals surface area contributed by atoms with E-state index in [1.807, 2.05) is 31.2 Å². The van der Waals surface area contributed by atoms with Gasteiger partial charge in [0.2, 0.25) is 0 Å². The zero-order chi connectivity index (χ0) is 12.1. The monoisotopic (exact) mass is 224 g/mol. The summed E-state index contributed by atoms with van der Waals surface area (Å²) >= 11 is 0. The van der Waals surface area contributed by atoms with Gasteiger partial charge in [0.15, 0.2) is 0 Å². The lowest BCUT2D eigenvalue weighted by Gasteiger charge is -1.91. The average Bonchev–Trinajstić information content (AvgIpc) is 2.62. The lowest BCUT2D eigenvalue weighted by atomic mass is 10.1. The molecule has 1 aromatic rings. The van der Waals surface area contributed by atoms with Crippen LogP contribution in [-0.2, 0) is 6.42 Å². The first-order chi connectivity index (χ1) is 8.31. The Hall–Kier alpha value is -1.94. The van der Waals surface area contributed by atoms with Crippen LogP contribution in [0.2, 0.25) is 0 Å². The minimum atomic E-state index is 0.295.